The molecular formula is C13H13N5S. The smallest absolute Gasteiger partial charge is 0.234 e. The van der Waals surface area contributed by atoms with Crippen LogP contribution in [0.15, 0.2) is 18.2 Å². The van der Waals surface area contributed by atoms with E-state index < -0.39 is 0 Å². The molecular weight excluding hydrogens is 258 g/mol. The van der Waals surface area contributed by atoms with Crippen molar-refractivity contribution in [2.45, 2.75) is 25.7 Å². The summed E-state index contributed by atoms with van der Waals surface area (Å²) in [6, 6.07) is 6.00. The zero-order chi connectivity index (χ0) is 13.0. The highest BCUT2D eigenvalue weighted by Gasteiger charge is 2.30. The third-order valence-corrected chi connectivity index (χ3v) is 4.42. The Kier molecular flexibility index (Phi) is 2.17. The fourth-order valence-electron chi connectivity index (χ4n) is 2.15. The first-order valence-electron chi connectivity index (χ1n) is 6.31. The lowest BCUT2D eigenvalue weighted by molar-refractivity contribution is 0.828. The SMILES string of the molecule is Cc1cc(-c2nn3c(C4CC4)nnc3s2)ccc1N. The maximum Gasteiger partial charge on any atom is 0.234 e. The molecule has 2 heterocycles. The molecule has 1 saturated carbocycles. The van der Waals surface area contributed by atoms with Crippen molar-refractivity contribution < 1.29 is 0 Å². The number of nitrogens with zero attached hydrogens (tertiary/aromatic N) is 4. The number of aromatic nitrogens is 4. The van der Waals surface area contributed by atoms with E-state index in [0.717, 1.165) is 32.6 Å². The van der Waals surface area contributed by atoms with Crippen LogP contribution in [-0.2, 0) is 0 Å². The zero-order valence-electron chi connectivity index (χ0n) is 10.5. The van der Waals surface area contributed by atoms with Gasteiger partial charge in [0.25, 0.3) is 0 Å². The molecule has 1 aromatic carbocycles. The first-order chi connectivity index (χ1) is 9.22. The van der Waals surface area contributed by atoms with Crippen LogP contribution < -0.4 is 5.73 Å². The Labute approximate surface area is 114 Å². The Bertz CT molecular complexity index is 769. The summed E-state index contributed by atoms with van der Waals surface area (Å²) in [5.41, 5.74) is 8.82. The maximum atomic E-state index is 5.85. The van der Waals surface area contributed by atoms with E-state index in [-0.39, 0.29) is 0 Å². The lowest BCUT2D eigenvalue weighted by Crippen LogP contribution is -1.94. The number of nitrogens with two attached hydrogens (primary N) is 1. The van der Waals surface area contributed by atoms with Crippen molar-refractivity contribution in [2.24, 2.45) is 0 Å². The fraction of sp³-hybridized carbons (Fsp3) is 0.308. The first kappa shape index (κ1) is 10.9. The summed E-state index contributed by atoms with van der Waals surface area (Å²) >= 11 is 1.57. The van der Waals surface area contributed by atoms with E-state index in [2.05, 4.69) is 21.4 Å². The van der Waals surface area contributed by atoms with Crippen molar-refractivity contribution in [3.63, 3.8) is 0 Å². The third kappa shape index (κ3) is 1.71. The lowest BCUT2D eigenvalue weighted by atomic mass is 10.1. The molecule has 0 saturated heterocycles. The van der Waals surface area contributed by atoms with Gasteiger partial charge in [-0.2, -0.15) is 9.61 Å². The molecule has 0 spiro atoms. The van der Waals surface area contributed by atoms with Crippen LogP contribution in [0.3, 0.4) is 0 Å². The normalized spacial score (nSPS) is 15.2. The second-order valence-corrected chi connectivity index (χ2v) is 5.96. The summed E-state index contributed by atoms with van der Waals surface area (Å²) in [6.45, 7) is 2.01. The maximum absolute atomic E-state index is 5.85. The summed E-state index contributed by atoms with van der Waals surface area (Å²) in [7, 11) is 0. The topological polar surface area (TPSA) is 69.1 Å². The molecule has 5 nitrogen and oxygen atoms in total. The average Bonchev–Trinajstić information content (AvgIpc) is 3.01. The van der Waals surface area contributed by atoms with Crippen molar-refractivity contribution >= 4 is 22.0 Å². The minimum atomic E-state index is 0.554. The highest BCUT2D eigenvalue weighted by molar-refractivity contribution is 7.19. The highest BCUT2D eigenvalue weighted by atomic mass is 32.1. The molecule has 0 atom stereocenters. The van der Waals surface area contributed by atoms with Gasteiger partial charge in [0.1, 0.15) is 5.01 Å². The molecule has 6 heteroatoms. The lowest BCUT2D eigenvalue weighted by Gasteiger charge is -2.01. The molecule has 4 rings (SSSR count). The second kappa shape index (κ2) is 3.77. The number of aryl methyl sites for hydroxylation is 1. The second-order valence-electron chi connectivity index (χ2n) is 5.01. The van der Waals surface area contributed by atoms with Crippen LogP contribution in [0.4, 0.5) is 5.69 Å². The van der Waals surface area contributed by atoms with Crippen LogP contribution in [0.25, 0.3) is 15.5 Å². The van der Waals surface area contributed by atoms with Gasteiger partial charge in [-0.25, -0.2) is 0 Å². The van der Waals surface area contributed by atoms with Gasteiger partial charge in [-0.05, 0) is 43.5 Å². The van der Waals surface area contributed by atoms with Crippen molar-refractivity contribution in [1.82, 2.24) is 19.8 Å². The van der Waals surface area contributed by atoms with Crippen LogP contribution in [0.1, 0.15) is 30.1 Å². The van der Waals surface area contributed by atoms with E-state index in [9.17, 15) is 0 Å². The van der Waals surface area contributed by atoms with Gasteiger partial charge >= 0.3 is 0 Å². The van der Waals surface area contributed by atoms with Gasteiger partial charge < -0.3 is 5.73 Å². The van der Waals surface area contributed by atoms with E-state index in [1.54, 1.807) is 11.3 Å². The van der Waals surface area contributed by atoms with E-state index in [1.807, 2.05) is 23.6 Å². The van der Waals surface area contributed by atoms with Gasteiger partial charge in [0.2, 0.25) is 4.96 Å². The Morgan fingerprint density at radius 2 is 2.16 bits per heavy atom. The van der Waals surface area contributed by atoms with Crippen molar-refractivity contribution in [2.75, 3.05) is 5.73 Å². The highest BCUT2D eigenvalue weighted by Crippen LogP contribution is 2.39. The summed E-state index contributed by atoms with van der Waals surface area (Å²) in [5, 5.41) is 14.0. The van der Waals surface area contributed by atoms with Crippen molar-refractivity contribution in [3.8, 4) is 10.6 Å². The number of nitrogen functional groups attached to an aromatic ring is 1. The average molecular weight is 271 g/mol. The van der Waals surface area contributed by atoms with E-state index in [4.69, 9.17) is 5.73 Å². The van der Waals surface area contributed by atoms with Crippen LogP contribution in [0.5, 0.6) is 0 Å². The molecule has 0 radical (unpaired) electrons. The summed E-state index contributed by atoms with van der Waals surface area (Å²) < 4.78 is 1.89. The number of rotatable bonds is 2. The van der Waals surface area contributed by atoms with Gasteiger partial charge in [0.05, 0.1) is 0 Å². The third-order valence-electron chi connectivity index (χ3n) is 3.47. The summed E-state index contributed by atoms with van der Waals surface area (Å²) in [6.07, 6.45) is 2.41. The molecule has 96 valence electrons. The Morgan fingerprint density at radius 3 is 2.89 bits per heavy atom. The molecule has 2 aromatic heterocycles. The number of anilines is 1. The molecule has 0 aliphatic heterocycles. The van der Waals surface area contributed by atoms with Gasteiger partial charge in [0.15, 0.2) is 5.82 Å². The fourth-order valence-corrected chi connectivity index (χ4v) is 3.00. The van der Waals surface area contributed by atoms with Crippen LogP contribution >= 0.6 is 11.3 Å². The molecule has 0 unspecified atom stereocenters. The Hall–Kier alpha value is -1.95. The minimum absolute atomic E-state index is 0.554. The molecule has 0 bridgehead atoms. The molecule has 19 heavy (non-hydrogen) atoms. The zero-order valence-corrected chi connectivity index (χ0v) is 11.3. The summed E-state index contributed by atoms with van der Waals surface area (Å²) in [4.78, 5) is 0.867. The van der Waals surface area contributed by atoms with Gasteiger partial charge in [0, 0.05) is 17.2 Å². The predicted molar refractivity (Wildman–Crippen MR) is 75.2 cm³/mol. The van der Waals surface area contributed by atoms with Crippen LogP contribution in [0.2, 0.25) is 0 Å². The monoisotopic (exact) mass is 271 g/mol. The van der Waals surface area contributed by atoms with E-state index in [0.29, 0.717) is 5.92 Å². The van der Waals surface area contributed by atoms with Gasteiger partial charge in [-0.1, -0.05) is 11.3 Å². The Morgan fingerprint density at radius 1 is 1.32 bits per heavy atom. The van der Waals surface area contributed by atoms with E-state index >= 15 is 0 Å². The first-order valence-corrected chi connectivity index (χ1v) is 7.12. The molecule has 3 aromatic rings. The minimum Gasteiger partial charge on any atom is -0.399 e. The van der Waals surface area contributed by atoms with Gasteiger partial charge in [-0.3, -0.25) is 0 Å². The molecule has 1 aliphatic carbocycles. The summed E-state index contributed by atoms with van der Waals surface area (Å²) in [5.74, 6) is 1.56. The number of hydrogen-bond donors (Lipinski definition) is 1. The Balaban J connectivity index is 1.84. The van der Waals surface area contributed by atoms with E-state index in [1.165, 1.54) is 12.8 Å². The molecule has 1 aliphatic rings. The van der Waals surface area contributed by atoms with Crippen molar-refractivity contribution in [3.05, 3.63) is 29.6 Å². The molecule has 1 fully saturated rings. The van der Waals surface area contributed by atoms with Gasteiger partial charge in [-0.15, -0.1) is 10.2 Å². The van der Waals surface area contributed by atoms with Crippen LogP contribution in [0, 0.1) is 6.92 Å². The number of hydrogen-bond acceptors (Lipinski definition) is 5. The predicted octanol–water partition coefficient (Wildman–Crippen LogP) is 2.62. The number of fused-ring (bicyclic) bond motifs is 1. The largest absolute Gasteiger partial charge is 0.399 e. The van der Waals surface area contributed by atoms with Crippen molar-refractivity contribution in [1.29, 1.82) is 0 Å². The number of benzene rings is 1. The standard InChI is InChI=1S/C13H13N5S/c1-7-6-9(4-5-10(7)14)12-17-18-11(8-2-3-8)15-16-13(18)19-12/h4-6,8H,2-3,14H2,1H3. The quantitative estimate of drug-likeness (QED) is 0.727. The molecule has 2 N–H and O–H groups in total. The molecule has 0 amide bonds. The van der Waals surface area contributed by atoms with Crippen LogP contribution in [-0.4, -0.2) is 19.8 Å².